The summed E-state index contributed by atoms with van der Waals surface area (Å²) in [6.45, 7) is 0. The van der Waals surface area contributed by atoms with Crippen molar-refractivity contribution in [3.63, 3.8) is 0 Å². The van der Waals surface area contributed by atoms with Gasteiger partial charge in [0.1, 0.15) is 0 Å². The lowest BCUT2D eigenvalue weighted by atomic mass is 10.1. The molecule has 6 heteroatoms. The minimum absolute atomic E-state index is 0.0842. The number of carbonyl (C=O) groups is 2. The summed E-state index contributed by atoms with van der Waals surface area (Å²) in [5.41, 5.74) is 2.54. The molecule has 0 aliphatic heterocycles. The van der Waals surface area contributed by atoms with Crippen molar-refractivity contribution in [2.45, 2.75) is 44.6 Å². The molecule has 0 bridgehead atoms. The van der Waals surface area contributed by atoms with Gasteiger partial charge in [0.05, 0.1) is 30.1 Å². The third kappa shape index (κ3) is 5.29. The zero-order valence-electron chi connectivity index (χ0n) is 15.5. The number of hydrogen-bond acceptors (Lipinski definition) is 5. The van der Waals surface area contributed by atoms with Crippen molar-refractivity contribution in [1.82, 2.24) is 10.3 Å². The number of carbonyl (C=O) groups excluding carboxylic acids is 2. The quantitative estimate of drug-likeness (QED) is 0.615. The highest BCUT2D eigenvalue weighted by atomic mass is 16.5. The van der Waals surface area contributed by atoms with Crippen molar-refractivity contribution < 1.29 is 14.3 Å². The van der Waals surface area contributed by atoms with Crippen molar-refractivity contribution >= 4 is 23.3 Å². The summed E-state index contributed by atoms with van der Waals surface area (Å²) in [4.78, 5) is 28.2. The van der Waals surface area contributed by atoms with Crippen molar-refractivity contribution in [1.29, 1.82) is 0 Å². The number of benzene rings is 1. The highest BCUT2D eigenvalue weighted by Crippen LogP contribution is 2.20. The molecular weight excluding hydrogens is 342 g/mol. The van der Waals surface area contributed by atoms with E-state index in [2.05, 4.69) is 15.6 Å². The van der Waals surface area contributed by atoms with Crippen LogP contribution in [0.3, 0.4) is 0 Å². The Hall–Kier alpha value is -2.89. The Morgan fingerprint density at radius 3 is 2.33 bits per heavy atom. The number of amides is 1. The van der Waals surface area contributed by atoms with E-state index in [9.17, 15) is 9.59 Å². The van der Waals surface area contributed by atoms with Gasteiger partial charge in [-0.2, -0.15) is 0 Å². The summed E-state index contributed by atoms with van der Waals surface area (Å²) < 4.78 is 4.69. The number of methoxy groups -OCH3 is 1. The molecular formula is C21H25N3O3. The molecule has 3 rings (SSSR count). The molecule has 1 saturated carbocycles. The number of ether oxygens (including phenoxy) is 1. The van der Waals surface area contributed by atoms with Crippen LogP contribution in [0.1, 0.15) is 59.2 Å². The van der Waals surface area contributed by atoms with Crippen LogP contribution >= 0.6 is 0 Å². The molecule has 0 spiro atoms. The molecule has 0 unspecified atom stereocenters. The predicted octanol–water partition coefficient (Wildman–Crippen LogP) is 4.06. The standard InChI is InChI=1S/C21H25N3O3/c1-27-21(26)15-8-10-18(11-9-15)23-19-12-16(13-22-14-19)20(25)24-17-6-4-2-3-5-7-17/h8-14,17,23H,2-7H2,1H3,(H,24,25). The van der Waals surface area contributed by atoms with E-state index >= 15 is 0 Å². The molecule has 1 aliphatic rings. The van der Waals surface area contributed by atoms with Gasteiger partial charge in [0.25, 0.3) is 5.91 Å². The molecule has 1 heterocycles. The molecule has 0 radical (unpaired) electrons. The van der Waals surface area contributed by atoms with Crippen molar-refractivity contribution in [3.05, 3.63) is 53.9 Å². The first-order valence-corrected chi connectivity index (χ1v) is 9.37. The van der Waals surface area contributed by atoms with E-state index in [-0.39, 0.29) is 17.9 Å². The SMILES string of the molecule is COC(=O)c1ccc(Nc2cncc(C(=O)NC3CCCCCC3)c2)cc1. The van der Waals surface area contributed by atoms with Gasteiger partial charge in [-0.1, -0.05) is 25.7 Å². The van der Waals surface area contributed by atoms with Gasteiger partial charge in [-0.15, -0.1) is 0 Å². The number of pyridine rings is 1. The maximum absolute atomic E-state index is 12.6. The Morgan fingerprint density at radius 1 is 0.963 bits per heavy atom. The van der Waals surface area contributed by atoms with Gasteiger partial charge in [-0.05, 0) is 43.2 Å². The van der Waals surface area contributed by atoms with E-state index in [1.807, 2.05) is 0 Å². The van der Waals surface area contributed by atoms with E-state index in [0.29, 0.717) is 16.8 Å². The fourth-order valence-electron chi connectivity index (χ4n) is 3.30. The highest BCUT2D eigenvalue weighted by molar-refractivity contribution is 5.95. The molecule has 2 N–H and O–H groups in total. The lowest BCUT2D eigenvalue weighted by molar-refractivity contribution is 0.0600. The second-order valence-electron chi connectivity index (χ2n) is 6.82. The first kappa shape index (κ1) is 18.9. The lowest BCUT2D eigenvalue weighted by Crippen LogP contribution is -2.34. The summed E-state index contributed by atoms with van der Waals surface area (Å²) in [5.74, 6) is -0.459. The third-order valence-corrected chi connectivity index (χ3v) is 4.79. The number of rotatable bonds is 5. The van der Waals surface area contributed by atoms with E-state index in [4.69, 9.17) is 4.74 Å². The predicted molar refractivity (Wildman–Crippen MR) is 104 cm³/mol. The molecule has 1 aromatic carbocycles. The van der Waals surface area contributed by atoms with Crippen LogP contribution < -0.4 is 10.6 Å². The average molecular weight is 367 g/mol. The number of esters is 1. The smallest absolute Gasteiger partial charge is 0.337 e. The van der Waals surface area contributed by atoms with Crippen LogP contribution in [0.2, 0.25) is 0 Å². The van der Waals surface area contributed by atoms with Gasteiger partial charge in [-0.25, -0.2) is 4.79 Å². The zero-order chi connectivity index (χ0) is 19.1. The minimum Gasteiger partial charge on any atom is -0.465 e. The van der Waals surface area contributed by atoms with E-state index < -0.39 is 0 Å². The maximum Gasteiger partial charge on any atom is 0.337 e. The van der Waals surface area contributed by atoms with Crippen LogP contribution in [0.25, 0.3) is 0 Å². The molecule has 1 aliphatic carbocycles. The minimum atomic E-state index is -0.375. The Morgan fingerprint density at radius 2 is 1.67 bits per heavy atom. The Kier molecular flexibility index (Phi) is 6.41. The Bertz CT molecular complexity index is 782. The molecule has 2 aromatic rings. The summed E-state index contributed by atoms with van der Waals surface area (Å²) in [7, 11) is 1.35. The molecule has 6 nitrogen and oxygen atoms in total. The van der Waals surface area contributed by atoms with Gasteiger partial charge >= 0.3 is 5.97 Å². The lowest BCUT2D eigenvalue weighted by Gasteiger charge is -2.16. The molecule has 1 fully saturated rings. The van der Waals surface area contributed by atoms with Gasteiger partial charge in [0.15, 0.2) is 0 Å². The molecule has 0 saturated heterocycles. The summed E-state index contributed by atoms with van der Waals surface area (Å²) in [6.07, 6.45) is 10.2. The van der Waals surface area contributed by atoms with E-state index in [1.54, 1.807) is 42.7 Å². The normalized spacial score (nSPS) is 14.9. The molecule has 27 heavy (non-hydrogen) atoms. The monoisotopic (exact) mass is 367 g/mol. The second kappa shape index (κ2) is 9.16. The largest absolute Gasteiger partial charge is 0.465 e. The third-order valence-electron chi connectivity index (χ3n) is 4.79. The number of aromatic nitrogens is 1. The number of nitrogens with one attached hydrogen (secondary N) is 2. The summed E-state index contributed by atoms with van der Waals surface area (Å²) in [6, 6.07) is 8.97. The number of nitrogens with zero attached hydrogens (tertiary/aromatic N) is 1. The topological polar surface area (TPSA) is 80.3 Å². The fraction of sp³-hybridized carbons (Fsp3) is 0.381. The van der Waals surface area contributed by atoms with Crippen LogP contribution in [-0.2, 0) is 4.74 Å². The molecule has 1 amide bonds. The first-order chi connectivity index (χ1) is 13.2. The Balaban J connectivity index is 1.64. The van der Waals surface area contributed by atoms with Gasteiger partial charge in [0, 0.05) is 17.9 Å². The molecule has 142 valence electrons. The van der Waals surface area contributed by atoms with Crippen molar-refractivity contribution in [3.8, 4) is 0 Å². The highest BCUT2D eigenvalue weighted by Gasteiger charge is 2.16. The Labute approximate surface area is 159 Å². The number of hydrogen-bond donors (Lipinski definition) is 2. The summed E-state index contributed by atoms with van der Waals surface area (Å²) in [5, 5.41) is 6.34. The van der Waals surface area contributed by atoms with Gasteiger partial charge < -0.3 is 15.4 Å². The van der Waals surface area contributed by atoms with E-state index in [1.165, 1.54) is 32.8 Å². The second-order valence-corrected chi connectivity index (χ2v) is 6.82. The van der Waals surface area contributed by atoms with Crippen LogP contribution in [-0.4, -0.2) is 30.0 Å². The van der Waals surface area contributed by atoms with Gasteiger partial charge in [-0.3, -0.25) is 9.78 Å². The maximum atomic E-state index is 12.6. The van der Waals surface area contributed by atoms with Crippen LogP contribution in [0, 0.1) is 0 Å². The first-order valence-electron chi connectivity index (χ1n) is 9.37. The van der Waals surface area contributed by atoms with Gasteiger partial charge in [0.2, 0.25) is 0 Å². The zero-order valence-corrected chi connectivity index (χ0v) is 15.5. The number of anilines is 2. The van der Waals surface area contributed by atoms with Crippen LogP contribution in [0.15, 0.2) is 42.7 Å². The summed E-state index contributed by atoms with van der Waals surface area (Å²) >= 11 is 0. The fourth-order valence-corrected chi connectivity index (χ4v) is 3.30. The van der Waals surface area contributed by atoms with E-state index in [0.717, 1.165) is 18.5 Å². The van der Waals surface area contributed by atoms with Crippen LogP contribution in [0.4, 0.5) is 11.4 Å². The molecule has 1 aromatic heterocycles. The van der Waals surface area contributed by atoms with Crippen LogP contribution in [0.5, 0.6) is 0 Å². The average Bonchev–Trinajstić information content (AvgIpc) is 2.97. The van der Waals surface area contributed by atoms with Crippen molar-refractivity contribution in [2.24, 2.45) is 0 Å². The molecule has 0 atom stereocenters. The van der Waals surface area contributed by atoms with Crippen molar-refractivity contribution in [2.75, 3.05) is 12.4 Å².